The highest BCUT2D eigenvalue weighted by atomic mass is 16.3. The lowest BCUT2D eigenvalue weighted by molar-refractivity contribution is 0.329. The maximum absolute atomic E-state index is 10.4. The van der Waals surface area contributed by atoms with Crippen LogP contribution in [0.25, 0.3) is 0 Å². The van der Waals surface area contributed by atoms with Gasteiger partial charge in [0.1, 0.15) is 5.75 Å². The highest BCUT2D eigenvalue weighted by Gasteiger charge is 2.30. The van der Waals surface area contributed by atoms with Crippen LogP contribution in [0, 0.1) is 12.8 Å². The topological polar surface area (TPSA) is 40.5 Å². The highest BCUT2D eigenvalue weighted by Crippen LogP contribution is 2.47. The molecule has 0 spiro atoms. The standard InChI is InChI=1S/C20H30O2/c1-13(12-21)6-5-7-15(3)17-9-8-16(4)20-18(17)10-14(2)11-19(20)22/h6,10-11,15-17,21-22H,5,7-9,12H2,1-4H3/b13-6+/t15-,16+,17?/m0/s1. The van der Waals surface area contributed by atoms with Crippen LogP contribution >= 0.6 is 0 Å². The normalized spacial score (nSPS) is 23.2. The molecule has 1 unspecified atom stereocenters. The Morgan fingerprint density at radius 1 is 1.36 bits per heavy atom. The van der Waals surface area contributed by atoms with Gasteiger partial charge in [-0.2, -0.15) is 0 Å². The number of hydrogen-bond acceptors (Lipinski definition) is 2. The van der Waals surface area contributed by atoms with E-state index >= 15 is 0 Å². The number of fused-ring (bicyclic) bond motifs is 1. The van der Waals surface area contributed by atoms with Crippen molar-refractivity contribution in [1.82, 2.24) is 0 Å². The average molecular weight is 302 g/mol. The minimum atomic E-state index is 0.158. The molecule has 22 heavy (non-hydrogen) atoms. The summed E-state index contributed by atoms with van der Waals surface area (Å²) in [6.45, 7) is 8.75. The third-order valence-corrected chi connectivity index (χ3v) is 5.19. The number of aliphatic hydroxyl groups is 1. The van der Waals surface area contributed by atoms with E-state index in [9.17, 15) is 5.11 Å². The molecule has 2 N–H and O–H groups in total. The molecular formula is C20H30O2. The molecule has 0 heterocycles. The number of allylic oxidation sites excluding steroid dienone is 1. The molecule has 1 aliphatic rings. The molecular weight excluding hydrogens is 272 g/mol. The predicted octanol–water partition coefficient (Wildman–Crippen LogP) is 5.04. The Bertz CT molecular complexity index is 545. The number of phenols is 1. The summed E-state index contributed by atoms with van der Waals surface area (Å²) in [5, 5.41) is 19.4. The van der Waals surface area contributed by atoms with Crippen molar-refractivity contribution in [3.05, 3.63) is 40.5 Å². The first kappa shape index (κ1) is 17.1. The van der Waals surface area contributed by atoms with Gasteiger partial charge in [-0.25, -0.2) is 0 Å². The molecule has 0 bridgehead atoms. The van der Waals surface area contributed by atoms with Gasteiger partial charge >= 0.3 is 0 Å². The molecule has 2 nitrogen and oxygen atoms in total. The SMILES string of the molecule is C/C(=C\CC[C@H](C)C1CC[C@@H](C)c2c(O)cc(C)cc21)CO. The van der Waals surface area contributed by atoms with Crippen LogP contribution in [-0.2, 0) is 0 Å². The molecule has 1 aromatic rings. The summed E-state index contributed by atoms with van der Waals surface area (Å²) < 4.78 is 0. The Morgan fingerprint density at radius 3 is 2.77 bits per heavy atom. The van der Waals surface area contributed by atoms with Gasteiger partial charge in [-0.15, -0.1) is 0 Å². The average Bonchev–Trinajstić information content (AvgIpc) is 2.46. The first-order valence-electron chi connectivity index (χ1n) is 8.54. The number of aliphatic hydroxyl groups excluding tert-OH is 1. The fourth-order valence-electron chi connectivity index (χ4n) is 3.83. The fraction of sp³-hybridized carbons (Fsp3) is 0.600. The van der Waals surface area contributed by atoms with Gasteiger partial charge in [0, 0.05) is 5.56 Å². The Kier molecular flexibility index (Phi) is 5.69. The van der Waals surface area contributed by atoms with Crippen molar-refractivity contribution in [3.8, 4) is 5.75 Å². The third-order valence-electron chi connectivity index (χ3n) is 5.19. The van der Waals surface area contributed by atoms with Crippen molar-refractivity contribution in [2.24, 2.45) is 5.92 Å². The number of rotatable bonds is 5. The molecule has 0 aliphatic heterocycles. The highest BCUT2D eigenvalue weighted by molar-refractivity contribution is 5.48. The summed E-state index contributed by atoms with van der Waals surface area (Å²) in [7, 11) is 0. The van der Waals surface area contributed by atoms with Gasteiger partial charge < -0.3 is 10.2 Å². The molecule has 0 fully saturated rings. The van der Waals surface area contributed by atoms with Crippen molar-refractivity contribution in [2.45, 2.75) is 65.2 Å². The van der Waals surface area contributed by atoms with E-state index in [1.807, 2.05) is 13.0 Å². The van der Waals surface area contributed by atoms with Gasteiger partial charge in [-0.3, -0.25) is 0 Å². The van der Waals surface area contributed by atoms with Gasteiger partial charge in [0.15, 0.2) is 0 Å². The molecule has 0 saturated carbocycles. The quantitative estimate of drug-likeness (QED) is 0.748. The van der Waals surface area contributed by atoms with Gasteiger partial charge in [-0.05, 0) is 74.5 Å². The minimum Gasteiger partial charge on any atom is -0.508 e. The molecule has 0 saturated heterocycles. The smallest absolute Gasteiger partial charge is 0.119 e. The lowest BCUT2D eigenvalue weighted by Crippen LogP contribution is -2.19. The Balaban J connectivity index is 2.18. The van der Waals surface area contributed by atoms with E-state index in [-0.39, 0.29) is 6.61 Å². The number of aryl methyl sites for hydroxylation is 1. The zero-order valence-corrected chi connectivity index (χ0v) is 14.4. The third kappa shape index (κ3) is 3.73. The van der Waals surface area contributed by atoms with E-state index in [2.05, 4.69) is 32.9 Å². The minimum absolute atomic E-state index is 0.158. The first-order valence-corrected chi connectivity index (χ1v) is 8.54. The fourth-order valence-corrected chi connectivity index (χ4v) is 3.83. The number of phenolic OH excluding ortho intramolecular Hbond substituents is 1. The second kappa shape index (κ2) is 7.32. The summed E-state index contributed by atoms with van der Waals surface area (Å²) in [5.41, 5.74) is 4.75. The second-order valence-electron chi connectivity index (χ2n) is 7.14. The largest absolute Gasteiger partial charge is 0.508 e. The Morgan fingerprint density at radius 2 is 2.09 bits per heavy atom. The van der Waals surface area contributed by atoms with Crippen LogP contribution in [0.2, 0.25) is 0 Å². The Hall–Kier alpha value is -1.28. The molecule has 1 aliphatic carbocycles. The summed E-state index contributed by atoms with van der Waals surface area (Å²) in [6.07, 6.45) is 6.67. The summed E-state index contributed by atoms with van der Waals surface area (Å²) in [5.74, 6) is 2.07. The predicted molar refractivity (Wildman–Crippen MR) is 92.5 cm³/mol. The van der Waals surface area contributed by atoms with E-state index in [0.717, 1.165) is 30.4 Å². The molecule has 122 valence electrons. The van der Waals surface area contributed by atoms with Crippen LogP contribution in [0.1, 0.15) is 75.0 Å². The Labute approximate surface area is 134 Å². The monoisotopic (exact) mass is 302 g/mol. The van der Waals surface area contributed by atoms with E-state index in [1.165, 1.54) is 17.5 Å². The van der Waals surface area contributed by atoms with Crippen molar-refractivity contribution >= 4 is 0 Å². The molecule has 2 rings (SSSR count). The van der Waals surface area contributed by atoms with Crippen molar-refractivity contribution in [1.29, 1.82) is 0 Å². The van der Waals surface area contributed by atoms with E-state index in [0.29, 0.717) is 23.5 Å². The van der Waals surface area contributed by atoms with E-state index in [4.69, 9.17) is 5.11 Å². The lowest BCUT2D eigenvalue weighted by atomic mass is 9.71. The van der Waals surface area contributed by atoms with Gasteiger partial charge in [0.25, 0.3) is 0 Å². The van der Waals surface area contributed by atoms with Crippen LogP contribution < -0.4 is 0 Å². The van der Waals surface area contributed by atoms with Crippen LogP contribution in [-0.4, -0.2) is 16.8 Å². The van der Waals surface area contributed by atoms with Gasteiger partial charge in [0.05, 0.1) is 6.61 Å². The maximum Gasteiger partial charge on any atom is 0.119 e. The number of aromatic hydroxyl groups is 1. The van der Waals surface area contributed by atoms with Crippen LogP contribution in [0.5, 0.6) is 5.75 Å². The zero-order chi connectivity index (χ0) is 16.3. The molecule has 0 amide bonds. The number of benzene rings is 1. The van der Waals surface area contributed by atoms with Crippen molar-refractivity contribution in [3.63, 3.8) is 0 Å². The zero-order valence-electron chi connectivity index (χ0n) is 14.4. The molecule has 3 atom stereocenters. The van der Waals surface area contributed by atoms with E-state index < -0.39 is 0 Å². The summed E-state index contributed by atoms with van der Waals surface area (Å²) >= 11 is 0. The van der Waals surface area contributed by atoms with Crippen LogP contribution in [0.3, 0.4) is 0 Å². The first-order chi connectivity index (χ1) is 10.4. The number of hydrogen-bond donors (Lipinski definition) is 2. The van der Waals surface area contributed by atoms with E-state index in [1.54, 1.807) is 0 Å². The molecule has 0 aromatic heterocycles. The molecule has 2 heteroatoms. The summed E-state index contributed by atoms with van der Waals surface area (Å²) in [4.78, 5) is 0. The van der Waals surface area contributed by atoms with Crippen molar-refractivity contribution < 1.29 is 10.2 Å². The maximum atomic E-state index is 10.4. The molecule has 0 radical (unpaired) electrons. The van der Waals surface area contributed by atoms with Gasteiger partial charge in [0.2, 0.25) is 0 Å². The van der Waals surface area contributed by atoms with Gasteiger partial charge in [-0.1, -0.05) is 31.6 Å². The lowest BCUT2D eigenvalue weighted by Gasteiger charge is -2.34. The van der Waals surface area contributed by atoms with Crippen LogP contribution in [0.15, 0.2) is 23.8 Å². The summed E-state index contributed by atoms with van der Waals surface area (Å²) in [6, 6.07) is 4.18. The second-order valence-corrected chi connectivity index (χ2v) is 7.14. The molecule has 1 aromatic carbocycles. The van der Waals surface area contributed by atoms with Crippen molar-refractivity contribution in [2.75, 3.05) is 6.61 Å². The van der Waals surface area contributed by atoms with Crippen LogP contribution in [0.4, 0.5) is 0 Å².